The van der Waals surface area contributed by atoms with Gasteiger partial charge in [0.05, 0.1) is 7.11 Å². The third-order valence-corrected chi connectivity index (χ3v) is 1.68. The number of ether oxygens (including phenoxy) is 2. The van der Waals surface area contributed by atoms with E-state index in [0.29, 0.717) is 5.76 Å². The number of rotatable bonds is 2. The summed E-state index contributed by atoms with van der Waals surface area (Å²) in [6.45, 7) is 2.97. The summed E-state index contributed by atoms with van der Waals surface area (Å²) in [5, 5.41) is 0. The minimum Gasteiger partial charge on any atom is -0.496 e. The van der Waals surface area contributed by atoms with E-state index in [2.05, 4.69) is 0 Å². The fourth-order valence-electron chi connectivity index (χ4n) is 1.16. The van der Waals surface area contributed by atoms with E-state index in [1.54, 1.807) is 6.92 Å². The van der Waals surface area contributed by atoms with Crippen LogP contribution in [0.1, 0.15) is 13.8 Å². The molecule has 66 valence electrons. The number of carbonyl (C=O) groups excluding carboxylic acids is 2. The molecule has 12 heavy (non-hydrogen) atoms. The molecular formula is C8H10O4. The Morgan fingerprint density at radius 3 is 2.50 bits per heavy atom. The maximum absolute atomic E-state index is 11.0. The topological polar surface area (TPSA) is 52.6 Å². The smallest absolute Gasteiger partial charge is 0.346 e. The average Bonchev–Trinajstić information content (AvgIpc) is 2.24. The molecule has 1 aliphatic rings. The van der Waals surface area contributed by atoms with Crippen molar-refractivity contribution in [2.75, 3.05) is 7.11 Å². The Labute approximate surface area is 70.1 Å². The van der Waals surface area contributed by atoms with Gasteiger partial charge in [0.15, 0.2) is 17.6 Å². The summed E-state index contributed by atoms with van der Waals surface area (Å²) in [7, 11) is 1.41. The lowest BCUT2D eigenvalue weighted by atomic mass is 10.1. The zero-order valence-corrected chi connectivity index (χ0v) is 7.21. The van der Waals surface area contributed by atoms with Crippen LogP contribution in [0.25, 0.3) is 0 Å². The van der Waals surface area contributed by atoms with Crippen LogP contribution in [0.3, 0.4) is 0 Å². The molecule has 0 amide bonds. The molecule has 0 radical (unpaired) electrons. The Morgan fingerprint density at radius 2 is 2.17 bits per heavy atom. The van der Waals surface area contributed by atoms with Crippen LogP contribution in [0.2, 0.25) is 0 Å². The molecule has 4 heteroatoms. The number of methoxy groups -OCH3 is 1. The van der Waals surface area contributed by atoms with Crippen LogP contribution in [0.15, 0.2) is 11.3 Å². The van der Waals surface area contributed by atoms with Crippen molar-refractivity contribution in [3.63, 3.8) is 0 Å². The first-order chi connectivity index (χ1) is 5.57. The molecule has 1 aliphatic heterocycles. The molecule has 4 nitrogen and oxygen atoms in total. The third kappa shape index (κ3) is 1.20. The van der Waals surface area contributed by atoms with E-state index in [1.165, 1.54) is 14.0 Å². The molecule has 1 atom stereocenters. The van der Waals surface area contributed by atoms with Crippen molar-refractivity contribution in [3.05, 3.63) is 11.3 Å². The van der Waals surface area contributed by atoms with E-state index < -0.39 is 12.1 Å². The van der Waals surface area contributed by atoms with E-state index in [0.717, 1.165) is 0 Å². The Balaban J connectivity index is 3.09. The van der Waals surface area contributed by atoms with Gasteiger partial charge in [0.1, 0.15) is 5.57 Å². The summed E-state index contributed by atoms with van der Waals surface area (Å²) in [5.74, 6) is -0.583. The zero-order valence-electron chi connectivity index (χ0n) is 7.21. The van der Waals surface area contributed by atoms with Gasteiger partial charge < -0.3 is 9.47 Å². The summed E-state index contributed by atoms with van der Waals surface area (Å²) in [5.41, 5.74) is 0.0324. The highest BCUT2D eigenvalue weighted by Gasteiger charge is 2.34. The van der Waals surface area contributed by atoms with Crippen molar-refractivity contribution in [3.8, 4) is 0 Å². The molecule has 0 fully saturated rings. The highest BCUT2D eigenvalue weighted by atomic mass is 16.6. The number of hydrogen-bond donors (Lipinski definition) is 0. The SMILES string of the molecule is COC1=C(C(C)=O)C(=O)OC1C. The first-order valence-electron chi connectivity index (χ1n) is 3.58. The number of hydrogen-bond acceptors (Lipinski definition) is 4. The zero-order chi connectivity index (χ0) is 9.30. The molecule has 0 saturated heterocycles. The van der Waals surface area contributed by atoms with Crippen LogP contribution < -0.4 is 0 Å². The van der Waals surface area contributed by atoms with Crippen LogP contribution in [0, 0.1) is 0 Å². The van der Waals surface area contributed by atoms with E-state index in [9.17, 15) is 9.59 Å². The molecule has 0 spiro atoms. The molecule has 0 aliphatic carbocycles. The number of ketones is 1. The second-order valence-corrected chi connectivity index (χ2v) is 2.55. The highest BCUT2D eigenvalue weighted by molar-refractivity contribution is 6.18. The van der Waals surface area contributed by atoms with Gasteiger partial charge in [-0.25, -0.2) is 4.79 Å². The summed E-state index contributed by atoms with van der Waals surface area (Å²) in [6.07, 6.45) is -0.443. The Morgan fingerprint density at radius 1 is 1.58 bits per heavy atom. The standard InChI is InChI=1S/C8H10O4/c1-4(9)6-7(11-3)5(2)12-8(6)10/h5H,1-3H3. The number of Topliss-reactive ketones (excluding diaryl/α,β-unsaturated/α-hetero) is 1. The van der Waals surface area contributed by atoms with Crippen molar-refractivity contribution in [1.29, 1.82) is 0 Å². The van der Waals surface area contributed by atoms with E-state index >= 15 is 0 Å². The molecule has 1 heterocycles. The third-order valence-electron chi connectivity index (χ3n) is 1.68. The fraction of sp³-hybridized carbons (Fsp3) is 0.500. The maximum atomic E-state index is 11.0. The van der Waals surface area contributed by atoms with E-state index in [-0.39, 0.29) is 11.4 Å². The van der Waals surface area contributed by atoms with Gasteiger partial charge in [-0.1, -0.05) is 0 Å². The molecule has 0 aromatic heterocycles. The lowest BCUT2D eigenvalue weighted by Crippen LogP contribution is -2.07. The quantitative estimate of drug-likeness (QED) is 0.445. The summed E-state index contributed by atoms with van der Waals surface area (Å²) < 4.78 is 9.66. The lowest BCUT2D eigenvalue weighted by Gasteiger charge is -2.05. The van der Waals surface area contributed by atoms with Crippen LogP contribution in [0.5, 0.6) is 0 Å². The van der Waals surface area contributed by atoms with Gasteiger partial charge in [-0.2, -0.15) is 0 Å². The number of carbonyl (C=O) groups is 2. The molecule has 0 bridgehead atoms. The monoisotopic (exact) mass is 170 g/mol. The largest absolute Gasteiger partial charge is 0.496 e. The van der Waals surface area contributed by atoms with Gasteiger partial charge in [0, 0.05) is 0 Å². The highest BCUT2D eigenvalue weighted by Crippen LogP contribution is 2.23. The Kier molecular flexibility index (Phi) is 2.17. The summed E-state index contributed by atoms with van der Waals surface area (Å²) in [4.78, 5) is 21.9. The molecule has 1 unspecified atom stereocenters. The molecular weight excluding hydrogens is 160 g/mol. The second kappa shape index (κ2) is 2.97. The minimum atomic E-state index is -0.591. The number of esters is 1. The van der Waals surface area contributed by atoms with Crippen LogP contribution in [0.4, 0.5) is 0 Å². The van der Waals surface area contributed by atoms with Crippen molar-refractivity contribution in [1.82, 2.24) is 0 Å². The maximum Gasteiger partial charge on any atom is 0.346 e. The normalized spacial score (nSPS) is 22.6. The van der Waals surface area contributed by atoms with E-state index in [1.807, 2.05) is 0 Å². The molecule has 0 N–H and O–H groups in total. The van der Waals surface area contributed by atoms with Gasteiger partial charge in [-0.15, -0.1) is 0 Å². The van der Waals surface area contributed by atoms with Gasteiger partial charge in [-0.3, -0.25) is 4.79 Å². The van der Waals surface area contributed by atoms with Gasteiger partial charge in [-0.05, 0) is 13.8 Å². The average molecular weight is 170 g/mol. The summed E-state index contributed by atoms with van der Waals surface area (Å²) >= 11 is 0. The van der Waals surface area contributed by atoms with Crippen molar-refractivity contribution in [2.24, 2.45) is 0 Å². The Hall–Kier alpha value is -1.32. The predicted octanol–water partition coefficient (Wildman–Crippen LogP) is 0.421. The Bertz CT molecular complexity index is 264. The summed E-state index contributed by atoms with van der Waals surface area (Å²) in [6, 6.07) is 0. The number of cyclic esters (lactones) is 1. The van der Waals surface area contributed by atoms with Gasteiger partial charge in [0.25, 0.3) is 0 Å². The van der Waals surface area contributed by atoms with Gasteiger partial charge >= 0.3 is 5.97 Å². The van der Waals surface area contributed by atoms with E-state index in [4.69, 9.17) is 9.47 Å². The minimum absolute atomic E-state index is 0.0324. The first kappa shape index (κ1) is 8.77. The molecule has 1 rings (SSSR count). The van der Waals surface area contributed by atoms with Gasteiger partial charge in [0.2, 0.25) is 0 Å². The first-order valence-corrected chi connectivity index (χ1v) is 3.58. The second-order valence-electron chi connectivity index (χ2n) is 2.55. The van der Waals surface area contributed by atoms with Crippen molar-refractivity contribution < 1.29 is 19.1 Å². The van der Waals surface area contributed by atoms with Crippen LogP contribution >= 0.6 is 0 Å². The van der Waals surface area contributed by atoms with Crippen LogP contribution in [-0.2, 0) is 19.1 Å². The molecule has 0 saturated carbocycles. The van der Waals surface area contributed by atoms with Crippen LogP contribution in [-0.4, -0.2) is 25.0 Å². The molecule has 0 aromatic rings. The predicted molar refractivity (Wildman–Crippen MR) is 40.3 cm³/mol. The van der Waals surface area contributed by atoms with Crippen molar-refractivity contribution in [2.45, 2.75) is 20.0 Å². The fourth-order valence-corrected chi connectivity index (χ4v) is 1.16. The molecule has 0 aromatic carbocycles. The lowest BCUT2D eigenvalue weighted by molar-refractivity contribution is -0.140. The van der Waals surface area contributed by atoms with Crippen molar-refractivity contribution >= 4 is 11.8 Å².